The maximum Gasteiger partial charge on any atom is 0.0702 e. The van der Waals surface area contributed by atoms with E-state index in [4.69, 9.17) is 4.98 Å². The zero-order valence-corrected chi connectivity index (χ0v) is 23.8. The lowest BCUT2D eigenvalue weighted by atomic mass is 9.85. The summed E-state index contributed by atoms with van der Waals surface area (Å²) in [5.41, 5.74) is 10.5. The van der Waals surface area contributed by atoms with E-state index in [0.717, 1.165) is 22.4 Å². The summed E-state index contributed by atoms with van der Waals surface area (Å²) >= 11 is 0. The molecule has 43 heavy (non-hydrogen) atoms. The van der Waals surface area contributed by atoms with Gasteiger partial charge in [0.2, 0.25) is 0 Å². The standard InChI is InChI=1S/C41H28N2/c1-27-12-14-29(15-13-27)40-35-8-2-4-10-37(35)41(38-11-5-3-9-36(38)40)31-19-17-28-16-18-30(23-34(28)24-31)39-21-20-33(26-43-39)32-7-6-22-42-25-32/h2-26H,1H3. The number of rotatable bonds is 4. The van der Waals surface area contributed by atoms with Gasteiger partial charge in [-0.3, -0.25) is 9.97 Å². The maximum atomic E-state index is 4.81. The zero-order valence-electron chi connectivity index (χ0n) is 23.8. The third-order valence-corrected chi connectivity index (χ3v) is 8.45. The van der Waals surface area contributed by atoms with Crippen molar-refractivity contribution in [3.05, 3.63) is 158 Å². The van der Waals surface area contributed by atoms with Gasteiger partial charge in [-0.05, 0) is 85.8 Å². The van der Waals surface area contributed by atoms with Crippen LogP contribution in [0.3, 0.4) is 0 Å². The highest BCUT2D eigenvalue weighted by Crippen LogP contribution is 2.44. The van der Waals surface area contributed by atoms with E-state index in [1.165, 1.54) is 60.1 Å². The average molecular weight is 549 g/mol. The van der Waals surface area contributed by atoms with E-state index < -0.39 is 0 Å². The highest BCUT2D eigenvalue weighted by molar-refractivity contribution is 6.21. The lowest BCUT2D eigenvalue weighted by molar-refractivity contribution is 1.30. The summed E-state index contributed by atoms with van der Waals surface area (Å²) < 4.78 is 0. The minimum atomic E-state index is 0.957. The Balaban J connectivity index is 1.29. The predicted molar refractivity (Wildman–Crippen MR) is 181 cm³/mol. The quantitative estimate of drug-likeness (QED) is 0.204. The summed E-state index contributed by atoms with van der Waals surface area (Å²) in [5.74, 6) is 0. The molecule has 0 unspecified atom stereocenters. The fourth-order valence-corrected chi connectivity index (χ4v) is 6.30. The summed E-state index contributed by atoms with van der Waals surface area (Å²) in [6, 6.07) is 48.3. The van der Waals surface area contributed by atoms with Crippen LogP contribution in [0.5, 0.6) is 0 Å². The molecule has 2 aromatic heterocycles. The van der Waals surface area contributed by atoms with E-state index in [1.807, 2.05) is 18.5 Å². The molecule has 2 nitrogen and oxygen atoms in total. The average Bonchev–Trinajstić information content (AvgIpc) is 3.07. The number of benzene rings is 6. The first-order chi connectivity index (χ1) is 21.2. The number of nitrogens with zero attached hydrogens (tertiary/aromatic N) is 2. The summed E-state index contributed by atoms with van der Waals surface area (Å²) in [4.78, 5) is 9.05. The summed E-state index contributed by atoms with van der Waals surface area (Å²) in [7, 11) is 0. The van der Waals surface area contributed by atoms with E-state index in [2.05, 4.69) is 139 Å². The van der Waals surface area contributed by atoms with E-state index >= 15 is 0 Å². The Kier molecular flexibility index (Phi) is 6.05. The van der Waals surface area contributed by atoms with Crippen molar-refractivity contribution < 1.29 is 0 Å². The predicted octanol–water partition coefficient (Wildman–Crippen LogP) is 10.9. The molecule has 0 saturated carbocycles. The van der Waals surface area contributed by atoms with Crippen LogP contribution in [-0.4, -0.2) is 9.97 Å². The lowest BCUT2D eigenvalue weighted by Gasteiger charge is -2.18. The van der Waals surface area contributed by atoms with Crippen molar-refractivity contribution in [3.8, 4) is 44.6 Å². The van der Waals surface area contributed by atoms with E-state index in [0.29, 0.717) is 0 Å². The molecule has 2 heteroatoms. The maximum absolute atomic E-state index is 4.81. The van der Waals surface area contributed by atoms with Crippen LogP contribution in [0.15, 0.2) is 152 Å². The SMILES string of the molecule is Cc1ccc(-c2c3ccccc3c(-c3ccc4ccc(-c5ccc(-c6cccnc6)cn5)cc4c3)c3ccccc23)cc1. The molecule has 0 N–H and O–H groups in total. The number of aryl methyl sites for hydroxylation is 1. The Labute approximate surface area is 251 Å². The second-order valence-electron chi connectivity index (χ2n) is 11.2. The Morgan fingerprint density at radius 3 is 1.58 bits per heavy atom. The van der Waals surface area contributed by atoms with Gasteiger partial charge in [-0.15, -0.1) is 0 Å². The van der Waals surface area contributed by atoms with Gasteiger partial charge in [-0.2, -0.15) is 0 Å². The molecule has 8 aromatic rings. The number of aromatic nitrogens is 2. The molecule has 0 amide bonds. The van der Waals surface area contributed by atoms with Crippen LogP contribution in [0.2, 0.25) is 0 Å². The monoisotopic (exact) mass is 548 g/mol. The van der Waals surface area contributed by atoms with Crippen molar-refractivity contribution in [2.24, 2.45) is 0 Å². The van der Waals surface area contributed by atoms with Gasteiger partial charge in [-0.1, -0.05) is 115 Å². The Bertz CT molecular complexity index is 2210. The molecule has 0 fully saturated rings. The van der Waals surface area contributed by atoms with Gasteiger partial charge in [0.05, 0.1) is 5.69 Å². The van der Waals surface area contributed by atoms with Gasteiger partial charge in [0, 0.05) is 35.3 Å². The number of fused-ring (bicyclic) bond motifs is 3. The molecule has 0 atom stereocenters. The molecule has 6 aromatic carbocycles. The van der Waals surface area contributed by atoms with Crippen LogP contribution in [0.4, 0.5) is 0 Å². The highest BCUT2D eigenvalue weighted by Gasteiger charge is 2.16. The van der Waals surface area contributed by atoms with Crippen LogP contribution in [-0.2, 0) is 0 Å². The zero-order chi connectivity index (χ0) is 28.8. The largest absolute Gasteiger partial charge is 0.264 e. The van der Waals surface area contributed by atoms with Gasteiger partial charge in [0.1, 0.15) is 0 Å². The molecule has 8 rings (SSSR count). The molecule has 2 heterocycles. The second kappa shape index (κ2) is 10.3. The van der Waals surface area contributed by atoms with E-state index in [-0.39, 0.29) is 0 Å². The summed E-state index contributed by atoms with van der Waals surface area (Å²) in [5, 5.41) is 7.48. The van der Waals surface area contributed by atoms with Crippen molar-refractivity contribution >= 4 is 32.3 Å². The van der Waals surface area contributed by atoms with Gasteiger partial charge >= 0.3 is 0 Å². The first-order valence-corrected chi connectivity index (χ1v) is 14.6. The molecule has 0 aliphatic rings. The molecular weight excluding hydrogens is 520 g/mol. The summed E-state index contributed by atoms with van der Waals surface area (Å²) in [6.45, 7) is 2.14. The molecular formula is C41H28N2. The second-order valence-corrected chi connectivity index (χ2v) is 11.2. The van der Waals surface area contributed by atoms with Crippen molar-refractivity contribution in [1.82, 2.24) is 9.97 Å². The van der Waals surface area contributed by atoms with Crippen LogP contribution in [0.25, 0.3) is 77.0 Å². The molecule has 0 spiro atoms. The van der Waals surface area contributed by atoms with Crippen molar-refractivity contribution in [2.75, 3.05) is 0 Å². The Hall–Kier alpha value is -5.60. The lowest BCUT2D eigenvalue weighted by Crippen LogP contribution is -1.91. The highest BCUT2D eigenvalue weighted by atomic mass is 14.7. The molecule has 0 bridgehead atoms. The molecule has 0 saturated heterocycles. The molecule has 202 valence electrons. The molecule has 0 aliphatic heterocycles. The third kappa shape index (κ3) is 4.45. The van der Waals surface area contributed by atoms with Crippen LogP contribution >= 0.6 is 0 Å². The normalized spacial score (nSPS) is 11.4. The molecule has 0 radical (unpaired) electrons. The van der Waals surface area contributed by atoms with E-state index in [9.17, 15) is 0 Å². The van der Waals surface area contributed by atoms with Gasteiger partial charge in [-0.25, -0.2) is 0 Å². The number of hydrogen-bond acceptors (Lipinski definition) is 2. The van der Waals surface area contributed by atoms with E-state index in [1.54, 1.807) is 6.20 Å². The van der Waals surface area contributed by atoms with Crippen LogP contribution in [0.1, 0.15) is 5.56 Å². The van der Waals surface area contributed by atoms with Crippen molar-refractivity contribution in [3.63, 3.8) is 0 Å². The third-order valence-electron chi connectivity index (χ3n) is 8.45. The Morgan fingerprint density at radius 1 is 0.419 bits per heavy atom. The molecule has 0 aliphatic carbocycles. The Morgan fingerprint density at radius 2 is 0.977 bits per heavy atom. The van der Waals surface area contributed by atoms with Gasteiger partial charge in [0.25, 0.3) is 0 Å². The van der Waals surface area contributed by atoms with Crippen LogP contribution in [0, 0.1) is 6.92 Å². The van der Waals surface area contributed by atoms with Crippen molar-refractivity contribution in [2.45, 2.75) is 6.92 Å². The fourth-order valence-electron chi connectivity index (χ4n) is 6.30. The van der Waals surface area contributed by atoms with Crippen LogP contribution < -0.4 is 0 Å². The number of pyridine rings is 2. The first kappa shape index (κ1) is 25.1. The van der Waals surface area contributed by atoms with Gasteiger partial charge in [0.15, 0.2) is 0 Å². The smallest absolute Gasteiger partial charge is 0.0702 e. The number of hydrogen-bond donors (Lipinski definition) is 0. The topological polar surface area (TPSA) is 25.8 Å². The fraction of sp³-hybridized carbons (Fsp3) is 0.0244. The summed E-state index contributed by atoms with van der Waals surface area (Å²) in [6.07, 6.45) is 5.59. The minimum Gasteiger partial charge on any atom is -0.264 e. The first-order valence-electron chi connectivity index (χ1n) is 14.6. The van der Waals surface area contributed by atoms with Crippen molar-refractivity contribution in [1.29, 1.82) is 0 Å². The minimum absolute atomic E-state index is 0.957. The van der Waals surface area contributed by atoms with Gasteiger partial charge < -0.3 is 0 Å².